The fourth-order valence-electron chi connectivity index (χ4n) is 3.83. The molecule has 1 aromatic carbocycles. The Balaban J connectivity index is 1.51. The van der Waals surface area contributed by atoms with Gasteiger partial charge in [-0.3, -0.25) is 9.59 Å². The van der Waals surface area contributed by atoms with Gasteiger partial charge in [0.25, 0.3) is 5.91 Å². The normalized spacial score (nSPS) is 21.9. The average Bonchev–Trinajstić information content (AvgIpc) is 3.24. The van der Waals surface area contributed by atoms with Gasteiger partial charge in [0.05, 0.1) is 45.6 Å². The number of benzene rings is 1. The van der Waals surface area contributed by atoms with Crippen LogP contribution in [0.25, 0.3) is 0 Å². The first kappa shape index (κ1) is 25.9. The molecule has 3 heterocycles. The molecular formula is C21H21BrClN3O7S2. The molecule has 2 saturated heterocycles. The Labute approximate surface area is 218 Å². The molecule has 2 aromatic rings. The maximum atomic E-state index is 13.2. The third kappa shape index (κ3) is 6.15. The highest BCUT2D eigenvalue weighted by Crippen LogP contribution is 2.32. The summed E-state index contributed by atoms with van der Waals surface area (Å²) in [5.41, 5.74) is -0.960. The average molecular weight is 607 g/mol. The van der Waals surface area contributed by atoms with Crippen molar-refractivity contribution < 1.29 is 32.3 Å². The monoisotopic (exact) mass is 605 g/mol. The van der Waals surface area contributed by atoms with Gasteiger partial charge in [0, 0.05) is 12.2 Å². The summed E-state index contributed by atoms with van der Waals surface area (Å²) < 4.78 is 35.7. The molecule has 188 valence electrons. The number of thiophene rings is 1. The number of halogens is 2. The minimum Gasteiger partial charge on any atom is -0.399 e. The maximum absolute atomic E-state index is 13.2. The largest absolute Gasteiger partial charge is 0.414 e. The lowest BCUT2D eigenvalue weighted by Gasteiger charge is -2.27. The lowest BCUT2D eigenvalue weighted by Crippen LogP contribution is -2.58. The Morgan fingerprint density at radius 2 is 2.03 bits per heavy atom. The van der Waals surface area contributed by atoms with Crippen molar-refractivity contribution in [1.82, 2.24) is 5.32 Å². The van der Waals surface area contributed by atoms with Gasteiger partial charge in [0.2, 0.25) is 5.91 Å². The molecule has 2 N–H and O–H groups in total. The molecule has 1 atom stereocenters. The molecule has 2 aliphatic heterocycles. The number of carbonyl (C=O) groups is 3. The number of ether oxygens (including phenoxy) is 2. The summed E-state index contributed by atoms with van der Waals surface area (Å²) in [6.07, 6.45) is -0.823. The van der Waals surface area contributed by atoms with Gasteiger partial charge in [-0.15, -0.1) is 0 Å². The molecule has 4 rings (SSSR count). The predicted molar refractivity (Wildman–Crippen MR) is 135 cm³/mol. The van der Waals surface area contributed by atoms with Gasteiger partial charge in [-0.2, -0.15) is 0 Å². The number of nitrogens with zero attached hydrogens (tertiary/aromatic N) is 1. The minimum atomic E-state index is -3.56. The molecule has 2 aliphatic rings. The molecular weight excluding hydrogens is 586 g/mol. The van der Waals surface area contributed by atoms with Crippen LogP contribution in [0, 0.1) is 0 Å². The van der Waals surface area contributed by atoms with Crippen LogP contribution in [0.3, 0.4) is 0 Å². The molecule has 0 bridgehead atoms. The third-order valence-electron chi connectivity index (χ3n) is 5.54. The maximum Gasteiger partial charge on any atom is 0.414 e. The molecule has 14 heteroatoms. The summed E-state index contributed by atoms with van der Waals surface area (Å²) in [7, 11) is -3.56. The molecule has 35 heavy (non-hydrogen) atoms. The van der Waals surface area contributed by atoms with Crippen LogP contribution < -0.4 is 20.3 Å². The van der Waals surface area contributed by atoms with Crippen LogP contribution in [0.4, 0.5) is 16.2 Å². The van der Waals surface area contributed by atoms with Gasteiger partial charge in [0.15, 0.2) is 14.9 Å². The Hall–Kier alpha value is -2.19. The summed E-state index contributed by atoms with van der Waals surface area (Å²) >= 11 is 10.8. The van der Waals surface area contributed by atoms with Crippen molar-refractivity contribution in [3.63, 3.8) is 0 Å². The van der Waals surface area contributed by atoms with Crippen molar-refractivity contribution in [2.45, 2.75) is 18.4 Å². The fraction of sp³-hybridized carbons (Fsp3) is 0.381. The highest BCUT2D eigenvalue weighted by Gasteiger charge is 2.50. The van der Waals surface area contributed by atoms with E-state index in [1.165, 1.54) is 11.0 Å². The summed E-state index contributed by atoms with van der Waals surface area (Å²) in [6, 6.07) is 7.87. The van der Waals surface area contributed by atoms with E-state index >= 15 is 0 Å². The summed E-state index contributed by atoms with van der Waals surface area (Å²) in [6.45, 7) is 1.06. The Morgan fingerprint density at radius 1 is 1.23 bits per heavy atom. The molecule has 0 aliphatic carbocycles. The number of hydrogen-bond acceptors (Lipinski definition) is 8. The number of nitrogens with one attached hydrogen (secondary N) is 2. The van der Waals surface area contributed by atoms with Gasteiger partial charge in [-0.05, 0) is 52.7 Å². The van der Waals surface area contributed by atoms with Gasteiger partial charge in [-0.1, -0.05) is 22.9 Å². The van der Waals surface area contributed by atoms with E-state index in [0.717, 1.165) is 15.1 Å². The summed E-state index contributed by atoms with van der Waals surface area (Å²) in [4.78, 5) is 39.6. The zero-order chi connectivity index (χ0) is 25.2. The van der Waals surface area contributed by atoms with Gasteiger partial charge < -0.3 is 25.0 Å². The van der Waals surface area contributed by atoms with E-state index in [0.29, 0.717) is 25.4 Å². The molecule has 0 spiro atoms. The quantitative estimate of drug-likeness (QED) is 0.534. The molecule has 1 aromatic heterocycles. The van der Waals surface area contributed by atoms with Crippen molar-refractivity contribution in [3.05, 3.63) is 39.1 Å². The molecule has 1 unspecified atom stereocenters. The van der Waals surface area contributed by atoms with Crippen LogP contribution in [0.2, 0.25) is 5.02 Å². The van der Waals surface area contributed by atoms with Gasteiger partial charge >= 0.3 is 6.09 Å². The number of rotatable bonds is 5. The van der Waals surface area contributed by atoms with E-state index in [1.54, 1.807) is 24.3 Å². The molecule has 0 saturated carbocycles. The number of sulfone groups is 1. The van der Waals surface area contributed by atoms with Gasteiger partial charge in [-0.25, -0.2) is 13.2 Å². The second kappa shape index (κ2) is 10.4. The highest BCUT2D eigenvalue weighted by atomic mass is 79.9. The van der Waals surface area contributed by atoms with E-state index in [9.17, 15) is 22.8 Å². The summed E-state index contributed by atoms with van der Waals surface area (Å²) in [5, 5.41) is 5.60. The second-order valence-electron chi connectivity index (χ2n) is 8.03. The molecule has 2 fully saturated rings. The first-order valence-corrected chi connectivity index (χ1v) is 14.3. The molecule has 0 radical (unpaired) electrons. The van der Waals surface area contributed by atoms with E-state index < -0.39 is 33.1 Å². The Morgan fingerprint density at radius 3 is 2.69 bits per heavy atom. The van der Waals surface area contributed by atoms with E-state index in [4.69, 9.17) is 21.1 Å². The van der Waals surface area contributed by atoms with Crippen molar-refractivity contribution in [1.29, 1.82) is 0 Å². The number of carbonyl (C=O) groups excluding carboxylic acids is 3. The van der Waals surface area contributed by atoms with E-state index in [-0.39, 0.29) is 40.3 Å². The van der Waals surface area contributed by atoms with Crippen LogP contribution >= 0.6 is 38.9 Å². The van der Waals surface area contributed by atoms with Crippen molar-refractivity contribution >= 4 is 78.0 Å². The van der Waals surface area contributed by atoms with Crippen LogP contribution in [0.15, 0.2) is 34.1 Å². The number of hydrogen-bond donors (Lipinski definition) is 2. The van der Waals surface area contributed by atoms with Gasteiger partial charge in [0.1, 0.15) is 5.54 Å². The van der Waals surface area contributed by atoms with E-state index in [2.05, 4.69) is 26.6 Å². The lowest BCUT2D eigenvalue weighted by atomic mass is 9.97. The number of amides is 3. The Bertz CT molecular complexity index is 1270. The SMILES string of the molecule is O=C(NC1(C(=O)Nc2ccc(N3CCOCCC3=O)c(Cl)c2)CCS(=O)(=O)C1)Oc1ccc(Br)s1. The van der Waals surface area contributed by atoms with Crippen molar-refractivity contribution in [3.8, 4) is 5.06 Å². The Kier molecular flexibility index (Phi) is 7.71. The second-order valence-corrected chi connectivity index (χ2v) is 13.0. The predicted octanol–water partition coefficient (Wildman–Crippen LogP) is 3.20. The van der Waals surface area contributed by atoms with Crippen LogP contribution in [-0.2, 0) is 24.2 Å². The zero-order valence-electron chi connectivity index (χ0n) is 18.2. The van der Waals surface area contributed by atoms with Crippen molar-refractivity contribution in [2.24, 2.45) is 0 Å². The minimum absolute atomic E-state index is 0.113. The zero-order valence-corrected chi connectivity index (χ0v) is 22.2. The third-order valence-corrected chi connectivity index (χ3v) is 9.10. The topological polar surface area (TPSA) is 131 Å². The van der Waals surface area contributed by atoms with Crippen molar-refractivity contribution in [2.75, 3.05) is 41.5 Å². The first-order valence-electron chi connectivity index (χ1n) is 10.5. The van der Waals surface area contributed by atoms with E-state index in [1.807, 2.05) is 0 Å². The van der Waals surface area contributed by atoms with Crippen LogP contribution in [-0.4, -0.2) is 63.1 Å². The first-order chi connectivity index (χ1) is 16.6. The van der Waals surface area contributed by atoms with Crippen LogP contribution in [0.1, 0.15) is 12.8 Å². The summed E-state index contributed by atoms with van der Waals surface area (Å²) in [5.74, 6) is -1.67. The standard InChI is InChI=1S/C21H21BrClN3O7S2/c22-16-3-4-18(34-16)33-20(29)25-21(6-10-35(30,31)12-21)19(28)24-13-1-2-15(14(23)11-13)26-7-9-32-8-5-17(26)27/h1-4,11H,5-10,12H2,(H,24,28)(H,25,29). The molecule has 10 nitrogen and oxygen atoms in total. The fourth-order valence-corrected chi connectivity index (χ4v) is 7.21. The smallest absolute Gasteiger partial charge is 0.399 e. The lowest BCUT2D eigenvalue weighted by molar-refractivity contribution is -0.121. The van der Waals surface area contributed by atoms with Crippen LogP contribution in [0.5, 0.6) is 5.06 Å². The highest BCUT2D eigenvalue weighted by molar-refractivity contribution is 9.11. The number of anilines is 2. The molecule has 3 amide bonds.